The van der Waals surface area contributed by atoms with E-state index >= 15 is 0 Å². The van der Waals surface area contributed by atoms with Gasteiger partial charge in [0.25, 0.3) is 11.8 Å². The Morgan fingerprint density at radius 2 is 1.63 bits per heavy atom. The molecule has 2 rings (SSSR count). The van der Waals surface area contributed by atoms with Gasteiger partial charge in [-0.3, -0.25) is 9.59 Å². The molecule has 0 aliphatic heterocycles. The molecule has 0 saturated carbocycles. The third-order valence-corrected chi connectivity index (χ3v) is 4.54. The first-order chi connectivity index (χ1) is 14.2. The molecule has 0 radical (unpaired) electrons. The maximum absolute atomic E-state index is 12.6. The van der Waals surface area contributed by atoms with Gasteiger partial charge in [-0.1, -0.05) is 37.0 Å². The zero-order chi connectivity index (χ0) is 22.3. The molecule has 0 fully saturated rings. The minimum absolute atomic E-state index is 0.0266. The monoisotopic (exact) mass is 449 g/mol. The van der Waals surface area contributed by atoms with Crippen LogP contribution >= 0.6 is 23.2 Å². The van der Waals surface area contributed by atoms with Crippen molar-refractivity contribution in [3.8, 4) is 5.75 Å². The average molecular weight is 450 g/mol. The Labute approximate surface area is 186 Å². The summed E-state index contributed by atoms with van der Waals surface area (Å²) in [5.41, 5.74) is 3.51. The molecule has 160 valence electrons. The lowest BCUT2D eigenvalue weighted by atomic mass is 10.0. The normalized spacial score (nSPS) is 12.3. The van der Waals surface area contributed by atoms with Gasteiger partial charge in [0, 0.05) is 21.2 Å². The fraction of sp³-hybridized carbons (Fsp3) is 0.318. The Balaban J connectivity index is 2.07. The van der Waals surface area contributed by atoms with Gasteiger partial charge in [0.15, 0.2) is 0 Å². The summed E-state index contributed by atoms with van der Waals surface area (Å²) in [6.07, 6.45) is 1.43. The number of amides is 2. The summed E-state index contributed by atoms with van der Waals surface area (Å²) in [5.74, 6) is -0.352. The van der Waals surface area contributed by atoms with E-state index < -0.39 is 11.9 Å². The number of carbonyl (C=O) groups excluding carboxylic acids is 2. The van der Waals surface area contributed by atoms with Crippen molar-refractivity contribution in [2.75, 3.05) is 0 Å². The zero-order valence-electron chi connectivity index (χ0n) is 17.3. The van der Waals surface area contributed by atoms with Crippen LogP contribution in [0.1, 0.15) is 43.6 Å². The van der Waals surface area contributed by atoms with Crippen LogP contribution in [0.15, 0.2) is 47.6 Å². The smallest absolute Gasteiger partial charge is 0.262 e. The van der Waals surface area contributed by atoms with Gasteiger partial charge in [-0.25, -0.2) is 5.43 Å². The van der Waals surface area contributed by atoms with Crippen molar-refractivity contribution in [2.24, 2.45) is 11.0 Å². The molecule has 0 aromatic heterocycles. The zero-order valence-corrected chi connectivity index (χ0v) is 18.8. The first kappa shape index (κ1) is 23.7. The van der Waals surface area contributed by atoms with Crippen LogP contribution in [0.25, 0.3) is 0 Å². The minimum Gasteiger partial charge on any atom is -0.490 e. The summed E-state index contributed by atoms with van der Waals surface area (Å²) >= 11 is 11.9. The molecule has 0 spiro atoms. The number of nitrogens with zero attached hydrogens (tertiary/aromatic N) is 1. The minimum atomic E-state index is -0.768. The van der Waals surface area contributed by atoms with Crippen LogP contribution < -0.4 is 15.5 Å². The second-order valence-corrected chi connectivity index (χ2v) is 8.16. The largest absolute Gasteiger partial charge is 0.490 e. The molecular formula is C22H25Cl2N3O3. The van der Waals surface area contributed by atoms with Gasteiger partial charge in [0.2, 0.25) is 0 Å². The summed E-state index contributed by atoms with van der Waals surface area (Å²) in [7, 11) is 0. The molecule has 30 heavy (non-hydrogen) atoms. The molecule has 1 unspecified atom stereocenters. The van der Waals surface area contributed by atoms with E-state index in [1.807, 2.05) is 27.7 Å². The van der Waals surface area contributed by atoms with E-state index in [1.165, 1.54) is 6.21 Å². The van der Waals surface area contributed by atoms with Crippen LogP contribution in [0, 0.1) is 5.92 Å². The van der Waals surface area contributed by atoms with Crippen molar-refractivity contribution in [1.82, 2.24) is 10.7 Å². The highest BCUT2D eigenvalue weighted by molar-refractivity contribution is 6.31. The molecular weight excluding hydrogens is 425 g/mol. The van der Waals surface area contributed by atoms with E-state index in [4.69, 9.17) is 27.9 Å². The molecule has 0 bridgehead atoms. The van der Waals surface area contributed by atoms with Crippen molar-refractivity contribution >= 4 is 41.2 Å². The number of benzene rings is 2. The molecule has 2 aromatic carbocycles. The molecule has 1 atom stereocenters. The summed E-state index contributed by atoms with van der Waals surface area (Å²) in [5, 5.41) is 7.80. The molecule has 2 N–H and O–H groups in total. The van der Waals surface area contributed by atoms with Crippen molar-refractivity contribution in [1.29, 1.82) is 0 Å². The van der Waals surface area contributed by atoms with E-state index in [2.05, 4.69) is 15.8 Å². The van der Waals surface area contributed by atoms with Gasteiger partial charge < -0.3 is 10.1 Å². The molecule has 2 amide bonds. The first-order valence-electron chi connectivity index (χ1n) is 9.53. The number of hydrogen-bond donors (Lipinski definition) is 2. The lowest BCUT2D eigenvalue weighted by Gasteiger charge is -2.20. The highest BCUT2D eigenvalue weighted by Crippen LogP contribution is 2.22. The molecule has 6 nitrogen and oxygen atoms in total. The fourth-order valence-corrected chi connectivity index (χ4v) is 2.88. The SMILES string of the molecule is CC(C)Oc1ccc(Cl)cc1C=NNC(=O)C(NC(=O)c1ccc(Cl)cc1)C(C)C. The maximum Gasteiger partial charge on any atom is 0.262 e. The van der Waals surface area contributed by atoms with Crippen molar-refractivity contribution in [3.05, 3.63) is 63.6 Å². The van der Waals surface area contributed by atoms with E-state index in [-0.39, 0.29) is 17.9 Å². The summed E-state index contributed by atoms with van der Waals surface area (Å²) in [6, 6.07) is 10.8. The molecule has 0 saturated heterocycles. The van der Waals surface area contributed by atoms with Crippen LogP contribution in [0.4, 0.5) is 0 Å². The highest BCUT2D eigenvalue weighted by Gasteiger charge is 2.24. The number of halogens is 2. The standard InChI is InChI=1S/C22H25Cl2N3O3/c1-13(2)20(26-21(28)15-5-7-17(23)8-6-15)22(29)27-25-12-16-11-18(24)9-10-19(16)30-14(3)4/h5-14,20H,1-4H3,(H,26,28)(H,27,29). The van der Waals surface area contributed by atoms with Crippen LogP contribution in [0.3, 0.4) is 0 Å². The second kappa shape index (κ2) is 11.0. The molecule has 0 aliphatic rings. The Morgan fingerprint density at radius 1 is 1.00 bits per heavy atom. The van der Waals surface area contributed by atoms with Gasteiger partial charge >= 0.3 is 0 Å². The third-order valence-electron chi connectivity index (χ3n) is 4.06. The number of rotatable bonds is 8. The van der Waals surface area contributed by atoms with Gasteiger partial charge in [-0.05, 0) is 62.2 Å². The van der Waals surface area contributed by atoms with Crippen LogP contribution in [0.5, 0.6) is 5.75 Å². The second-order valence-electron chi connectivity index (χ2n) is 7.29. The third kappa shape index (κ3) is 7.04. The van der Waals surface area contributed by atoms with Crippen molar-refractivity contribution < 1.29 is 14.3 Å². The Bertz CT molecular complexity index is 912. The number of hydrogen-bond acceptors (Lipinski definition) is 4. The number of nitrogens with one attached hydrogen (secondary N) is 2. The van der Waals surface area contributed by atoms with Gasteiger partial charge in [0.05, 0.1) is 12.3 Å². The summed E-state index contributed by atoms with van der Waals surface area (Å²) in [6.45, 7) is 7.49. The summed E-state index contributed by atoms with van der Waals surface area (Å²) in [4.78, 5) is 25.1. The van der Waals surface area contributed by atoms with Crippen LogP contribution in [-0.2, 0) is 4.79 Å². The Hall–Kier alpha value is -2.57. The van der Waals surface area contributed by atoms with Gasteiger partial charge in [0.1, 0.15) is 11.8 Å². The predicted octanol–water partition coefficient (Wildman–Crippen LogP) is 4.69. The topological polar surface area (TPSA) is 79.8 Å². The van der Waals surface area contributed by atoms with Crippen molar-refractivity contribution in [2.45, 2.75) is 39.8 Å². The quantitative estimate of drug-likeness (QED) is 0.453. The van der Waals surface area contributed by atoms with E-state index in [0.29, 0.717) is 26.9 Å². The van der Waals surface area contributed by atoms with Crippen LogP contribution in [-0.4, -0.2) is 30.2 Å². The van der Waals surface area contributed by atoms with Crippen LogP contribution in [0.2, 0.25) is 10.0 Å². The maximum atomic E-state index is 12.6. The average Bonchev–Trinajstić information content (AvgIpc) is 2.67. The molecule has 0 aliphatic carbocycles. The molecule has 2 aromatic rings. The van der Waals surface area contributed by atoms with Gasteiger partial charge in [-0.15, -0.1) is 0 Å². The Morgan fingerprint density at radius 3 is 2.23 bits per heavy atom. The van der Waals surface area contributed by atoms with Gasteiger partial charge in [-0.2, -0.15) is 5.10 Å². The number of hydrazone groups is 1. The molecule has 0 heterocycles. The highest BCUT2D eigenvalue weighted by atomic mass is 35.5. The first-order valence-corrected chi connectivity index (χ1v) is 10.3. The van der Waals surface area contributed by atoms with Crippen molar-refractivity contribution in [3.63, 3.8) is 0 Å². The van der Waals surface area contributed by atoms with E-state index in [9.17, 15) is 9.59 Å². The predicted molar refractivity (Wildman–Crippen MR) is 120 cm³/mol. The Kier molecular flexibility index (Phi) is 8.69. The van der Waals surface area contributed by atoms with E-state index in [0.717, 1.165) is 0 Å². The number of ether oxygens (including phenoxy) is 1. The fourth-order valence-electron chi connectivity index (χ4n) is 2.58. The lowest BCUT2D eigenvalue weighted by molar-refractivity contribution is -0.123. The van der Waals surface area contributed by atoms with E-state index in [1.54, 1.807) is 42.5 Å². The summed E-state index contributed by atoms with van der Waals surface area (Å²) < 4.78 is 5.72. The molecule has 8 heteroatoms. The lowest BCUT2D eigenvalue weighted by Crippen LogP contribution is -2.48. The number of carbonyl (C=O) groups is 2.